The van der Waals surface area contributed by atoms with Crippen molar-refractivity contribution in [1.82, 2.24) is 4.90 Å². The summed E-state index contributed by atoms with van der Waals surface area (Å²) >= 11 is 0. The van der Waals surface area contributed by atoms with Crippen LogP contribution >= 0.6 is 0 Å². The summed E-state index contributed by atoms with van der Waals surface area (Å²) < 4.78 is 0. The molecule has 5 heteroatoms. The fraction of sp³-hybridized carbons (Fsp3) is 0.619. The number of benzene rings is 1. The Bertz CT molecular complexity index is 657. The maximum absolute atomic E-state index is 12.6. The average Bonchev–Trinajstić information content (AvgIpc) is 3.49. The zero-order chi connectivity index (χ0) is 18.7. The molecule has 1 aromatic rings. The van der Waals surface area contributed by atoms with E-state index in [9.17, 15) is 9.59 Å². The summed E-state index contributed by atoms with van der Waals surface area (Å²) in [5.74, 6) is 0.654. The number of anilines is 2. The first-order valence-electron chi connectivity index (χ1n) is 9.98. The van der Waals surface area contributed by atoms with Crippen molar-refractivity contribution in [1.29, 1.82) is 0 Å². The molecule has 26 heavy (non-hydrogen) atoms. The Kier molecular flexibility index (Phi) is 5.84. The lowest BCUT2D eigenvalue weighted by molar-refractivity contribution is -0.135. The van der Waals surface area contributed by atoms with Crippen molar-refractivity contribution in [2.75, 3.05) is 36.4 Å². The summed E-state index contributed by atoms with van der Waals surface area (Å²) in [5, 5.41) is 3.10. The van der Waals surface area contributed by atoms with E-state index in [1.54, 1.807) is 0 Å². The first-order chi connectivity index (χ1) is 12.5. The van der Waals surface area contributed by atoms with Crippen LogP contribution in [0.2, 0.25) is 0 Å². The number of nitrogens with one attached hydrogen (secondary N) is 1. The minimum atomic E-state index is 0.000103. The van der Waals surface area contributed by atoms with Gasteiger partial charge in [-0.1, -0.05) is 0 Å². The number of likely N-dealkylation sites (tertiary alicyclic amines) is 1. The highest BCUT2D eigenvalue weighted by Gasteiger charge is 2.36. The minimum Gasteiger partial charge on any atom is -0.372 e. The molecule has 2 fully saturated rings. The van der Waals surface area contributed by atoms with Gasteiger partial charge < -0.3 is 15.1 Å². The van der Waals surface area contributed by atoms with Crippen LogP contribution in [-0.4, -0.2) is 42.9 Å². The van der Waals surface area contributed by atoms with Gasteiger partial charge in [0.25, 0.3) is 0 Å². The Morgan fingerprint density at radius 2 is 1.73 bits per heavy atom. The highest BCUT2D eigenvalue weighted by molar-refractivity contribution is 5.93. The molecule has 0 aromatic heterocycles. The highest BCUT2D eigenvalue weighted by atomic mass is 16.2. The number of hydrogen-bond acceptors (Lipinski definition) is 3. The SMILES string of the molecule is CCN(CC)c1ccc(NC(=O)C2CCN(C(=O)C3CC3)CC2)c(C)c1. The molecule has 3 rings (SSSR count). The predicted octanol–water partition coefficient (Wildman–Crippen LogP) is 3.43. The fourth-order valence-electron chi connectivity index (χ4n) is 3.76. The van der Waals surface area contributed by atoms with Crippen LogP contribution in [0.4, 0.5) is 11.4 Å². The molecule has 1 aliphatic carbocycles. The van der Waals surface area contributed by atoms with Gasteiger partial charge in [-0.15, -0.1) is 0 Å². The normalized spacial score (nSPS) is 17.9. The number of hydrogen-bond donors (Lipinski definition) is 1. The van der Waals surface area contributed by atoms with Gasteiger partial charge >= 0.3 is 0 Å². The van der Waals surface area contributed by atoms with Gasteiger partial charge in [-0.25, -0.2) is 0 Å². The van der Waals surface area contributed by atoms with Gasteiger partial charge in [0.2, 0.25) is 11.8 Å². The average molecular weight is 357 g/mol. The number of carbonyl (C=O) groups is 2. The molecule has 5 nitrogen and oxygen atoms in total. The first-order valence-corrected chi connectivity index (χ1v) is 9.98. The molecule has 0 unspecified atom stereocenters. The highest BCUT2D eigenvalue weighted by Crippen LogP contribution is 2.32. The molecule has 142 valence electrons. The Morgan fingerprint density at radius 3 is 2.27 bits per heavy atom. The van der Waals surface area contributed by atoms with Gasteiger partial charge in [0.1, 0.15) is 0 Å². The van der Waals surface area contributed by atoms with E-state index in [1.165, 1.54) is 5.69 Å². The standard InChI is InChI=1S/C21H31N3O2/c1-4-23(5-2)18-8-9-19(15(3)14-18)22-20(25)16-10-12-24(13-11-16)21(26)17-6-7-17/h8-9,14,16-17H,4-7,10-13H2,1-3H3,(H,22,25). The zero-order valence-corrected chi connectivity index (χ0v) is 16.3. The number of aryl methyl sites for hydroxylation is 1. The molecule has 1 aromatic carbocycles. The molecule has 1 heterocycles. The number of piperidine rings is 1. The summed E-state index contributed by atoms with van der Waals surface area (Å²) in [6.07, 6.45) is 3.62. The summed E-state index contributed by atoms with van der Waals surface area (Å²) in [4.78, 5) is 29.0. The van der Waals surface area contributed by atoms with Gasteiger partial charge in [-0.3, -0.25) is 9.59 Å². The lowest BCUT2D eigenvalue weighted by Crippen LogP contribution is -2.42. The minimum absolute atomic E-state index is 0.000103. The Hall–Kier alpha value is -2.04. The summed E-state index contributed by atoms with van der Waals surface area (Å²) in [6, 6.07) is 6.22. The predicted molar refractivity (Wildman–Crippen MR) is 105 cm³/mol. The smallest absolute Gasteiger partial charge is 0.227 e. The van der Waals surface area contributed by atoms with E-state index in [4.69, 9.17) is 0 Å². The van der Waals surface area contributed by atoms with Gasteiger partial charge in [0.15, 0.2) is 0 Å². The Balaban J connectivity index is 1.55. The van der Waals surface area contributed by atoms with Crippen LogP contribution in [0.1, 0.15) is 45.1 Å². The maximum atomic E-state index is 12.6. The number of amides is 2. The van der Waals surface area contributed by atoms with Crippen molar-refractivity contribution < 1.29 is 9.59 Å². The van der Waals surface area contributed by atoms with Crippen molar-refractivity contribution in [3.63, 3.8) is 0 Å². The van der Waals surface area contributed by atoms with Crippen molar-refractivity contribution in [3.05, 3.63) is 23.8 Å². The lowest BCUT2D eigenvalue weighted by atomic mass is 9.95. The van der Waals surface area contributed by atoms with E-state index >= 15 is 0 Å². The van der Waals surface area contributed by atoms with Crippen molar-refractivity contribution in [3.8, 4) is 0 Å². The van der Waals surface area contributed by atoms with Crippen molar-refractivity contribution >= 4 is 23.2 Å². The number of nitrogens with zero attached hydrogens (tertiary/aromatic N) is 2. The topological polar surface area (TPSA) is 52.7 Å². The molecule has 1 saturated heterocycles. The molecule has 0 radical (unpaired) electrons. The van der Waals surface area contributed by atoms with Crippen LogP contribution in [0.25, 0.3) is 0 Å². The summed E-state index contributed by atoms with van der Waals surface area (Å²) in [5.41, 5.74) is 3.17. The zero-order valence-electron chi connectivity index (χ0n) is 16.3. The molecule has 0 bridgehead atoms. The van der Waals surface area contributed by atoms with E-state index in [0.29, 0.717) is 19.0 Å². The lowest BCUT2D eigenvalue weighted by Gasteiger charge is -2.31. The molecular weight excluding hydrogens is 326 g/mol. The second-order valence-electron chi connectivity index (χ2n) is 7.53. The van der Waals surface area contributed by atoms with Gasteiger partial charge in [0.05, 0.1) is 0 Å². The molecule has 0 atom stereocenters. The molecule has 1 aliphatic heterocycles. The number of carbonyl (C=O) groups excluding carboxylic acids is 2. The first kappa shape index (κ1) is 18.7. The van der Waals surface area contributed by atoms with Crippen LogP contribution in [0, 0.1) is 18.8 Å². The van der Waals surface area contributed by atoms with E-state index in [2.05, 4.69) is 36.2 Å². The third kappa shape index (κ3) is 4.19. The quantitative estimate of drug-likeness (QED) is 0.849. The molecule has 0 spiro atoms. The van der Waals surface area contributed by atoms with Crippen LogP contribution < -0.4 is 10.2 Å². The second-order valence-corrected chi connectivity index (χ2v) is 7.53. The molecule has 2 amide bonds. The van der Waals surface area contributed by atoms with Crippen molar-refractivity contribution in [2.24, 2.45) is 11.8 Å². The van der Waals surface area contributed by atoms with E-state index < -0.39 is 0 Å². The van der Waals surface area contributed by atoms with Crippen molar-refractivity contribution in [2.45, 2.75) is 46.5 Å². The largest absolute Gasteiger partial charge is 0.372 e. The van der Waals surface area contributed by atoms with E-state index in [0.717, 1.165) is 50.0 Å². The molecule has 1 N–H and O–H groups in total. The van der Waals surface area contributed by atoms with Gasteiger partial charge in [0, 0.05) is 49.4 Å². The Morgan fingerprint density at radius 1 is 1.08 bits per heavy atom. The van der Waals surface area contributed by atoms with E-state index in [-0.39, 0.29) is 17.7 Å². The summed E-state index contributed by atoms with van der Waals surface area (Å²) in [6.45, 7) is 9.71. The van der Waals surface area contributed by atoms with Gasteiger partial charge in [-0.2, -0.15) is 0 Å². The van der Waals surface area contributed by atoms with Crippen LogP contribution in [0.5, 0.6) is 0 Å². The monoisotopic (exact) mass is 357 g/mol. The third-order valence-corrected chi connectivity index (χ3v) is 5.70. The molecule has 2 aliphatic rings. The maximum Gasteiger partial charge on any atom is 0.227 e. The fourth-order valence-corrected chi connectivity index (χ4v) is 3.76. The second kappa shape index (κ2) is 8.11. The van der Waals surface area contributed by atoms with Crippen LogP contribution in [-0.2, 0) is 9.59 Å². The van der Waals surface area contributed by atoms with Crippen LogP contribution in [0.3, 0.4) is 0 Å². The van der Waals surface area contributed by atoms with Gasteiger partial charge in [-0.05, 0) is 70.2 Å². The number of rotatable bonds is 6. The third-order valence-electron chi connectivity index (χ3n) is 5.70. The van der Waals surface area contributed by atoms with Crippen LogP contribution in [0.15, 0.2) is 18.2 Å². The molecule has 1 saturated carbocycles. The van der Waals surface area contributed by atoms with E-state index in [1.807, 2.05) is 17.9 Å². The Labute approximate surface area is 156 Å². The molecular formula is C21H31N3O2. The summed E-state index contributed by atoms with van der Waals surface area (Å²) in [7, 11) is 0.